The molecule has 27 heavy (non-hydrogen) atoms. The van der Waals surface area contributed by atoms with Crippen LogP contribution in [-0.2, 0) is 14.8 Å². The van der Waals surface area contributed by atoms with Crippen molar-refractivity contribution >= 4 is 50.5 Å². The highest BCUT2D eigenvalue weighted by Crippen LogP contribution is 2.27. The van der Waals surface area contributed by atoms with Gasteiger partial charge in [-0.1, -0.05) is 11.6 Å². The van der Waals surface area contributed by atoms with Crippen molar-refractivity contribution in [1.82, 2.24) is 9.62 Å². The number of hydrogen-bond acceptors (Lipinski definition) is 5. The molecule has 0 atom stereocenters. The summed E-state index contributed by atoms with van der Waals surface area (Å²) in [5.74, 6) is -0.630. The molecule has 0 aliphatic heterocycles. The SMILES string of the molecule is CN(CC(=O)Nc1ccc(C(=O)NC2CC2)cc1)S(=O)(=O)c1ccc(Cl)s1. The second-order valence-corrected chi connectivity index (χ2v) is 10.2. The lowest BCUT2D eigenvalue weighted by molar-refractivity contribution is -0.116. The first-order valence-electron chi connectivity index (χ1n) is 8.18. The highest BCUT2D eigenvalue weighted by atomic mass is 35.5. The second-order valence-electron chi connectivity index (χ2n) is 6.19. The number of anilines is 1. The third-order valence-electron chi connectivity index (χ3n) is 3.92. The number of carbonyl (C=O) groups is 2. The molecule has 0 saturated heterocycles. The maximum atomic E-state index is 12.4. The highest BCUT2D eigenvalue weighted by Gasteiger charge is 2.25. The van der Waals surface area contributed by atoms with Gasteiger partial charge in [-0.25, -0.2) is 8.42 Å². The minimum Gasteiger partial charge on any atom is -0.349 e. The Hall–Kier alpha value is -1.94. The van der Waals surface area contributed by atoms with Gasteiger partial charge < -0.3 is 10.6 Å². The summed E-state index contributed by atoms with van der Waals surface area (Å²) in [6, 6.07) is 9.60. The second kappa shape index (κ2) is 7.97. The molecule has 2 amide bonds. The summed E-state index contributed by atoms with van der Waals surface area (Å²) in [7, 11) is -2.45. The number of halogens is 1. The number of carbonyl (C=O) groups excluding carboxylic acids is 2. The Balaban J connectivity index is 1.57. The van der Waals surface area contributed by atoms with Gasteiger partial charge >= 0.3 is 0 Å². The van der Waals surface area contributed by atoms with Crippen molar-refractivity contribution in [3.05, 3.63) is 46.3 Å². The molecule has 144 valence electrons. The molecule has 1 heterocycles. The Labute approximate surface area is 166 Å². The third-order valence-corrected chi connectivity index (χ3v) is 7.42. The van der Waals surface area contributed by atoms with Crippen LogP contribution in [0.25, 0.3) is 0 Å². The van der Waals surface area contributed by atoms with Crippen molar-refractivity contribution in [2.24, 2.45) is 0 Å². The van der Waals surface area contributed by atoms with Crippen LogP contribution in [0.1, 0.15) is 23.2 Å². The van der Waals surface area contributed by atoms with Crippen LogP contribution in [-0.4, -0.2) is 44.2 Å². The van der Waals surface area contributed by atoms with Crippen LogP contribution in [0, 0.1) is 0 Å². The monoisotopic (exact) mass is 427 g/mol. The zero-order valence-corrected chi connectivity index (χ0v) is 16.8. The van der Waals surface area contributed by atoms with Crippen LogP contribution in [0.4, 0.5) is 5.69 Å². The van der Waals surface area contributed by atoms with Crippen LogP contribution in [0.3, 0.4) is 0 Å². The van der Waals surface area contributed by atoms with Gasteiger partial charge in [-0.2, -0.15) is 4.31 Å². The fourth-order valence-electron chi connectivity index (χ4n) is 2.28. The van der Waals surface area contributed by atoms with E-state index in [0.29, 0.717) is 15.6 Å². The highest BCUT2D eigenvalue weighted by molar-refractivity contribution is 7.91. The molecule has 1 saturated carbocycles. The third kappa shape index (κ3) is 5.07. The van der Waals surface area contributed by atoms with Crippen LogP contribution >= 0.6 is 22.9 Å². The van der Waals surface area contributed by atoms with E-state index >= 15 is 0 Å². The molecular weight excluding hydrogens is 410 g/mol. The summed E-state index contributed by atoms with van der Waals surface area (Å²) in [4.78, 5) is 24.1. The number of thiophene rings is 1. The Morgan fingerprint density at radius 2 is 1.85 bits per heavy atom. The van der Waals surface area contributed by atoms with Crippen molar-refractivity contribution in [2.45, 2.75) is 23.1 Å². The predicted molar refractivity (Wildman–Crippen MR) is 105 cm³/mol. The molecule has 2 N–H and O–H groups in total. The number of rotatable bonds is 7. The molecule has 0 unspecified atom stereocenters. The molecule has 1 aliphatic rings. The van der Waals surface area contributed by atoms with Crippen LogP contribution in [0.2, 0.25) is 4.34 Å². The number of likely N-dealkylation sites (N-methyl/N-ethyl adjacent to an activating group) is 1. The van der Waals surface area contributed by atoms with Crippen molar-refractivity contribution in [1.29, 1.82) is 0 Å². The Morgan fingerprint density at radius 1 is 1.19 bits per heavy atom. The number of benzene rings is 1. The van der Waals surface area contributed by atoms with Crippen LogP contribution < -0.4 is 10.6 Å². The summed E-state index contributed by atoms with van der Waals surface area (Å²) in [5, 5.41) is 5.50. The van der Waals surface area contributed by atoms with Crippen molar-refractivity contribution in [3.63, 3.8) is 0 Å². The van der Waals surface area contributed by atoms with E-state index in [1.165, 1.54) is 19.2 Å². The standard InChI is InChI=1S/C17H18ClN3O4S2/c1-21(27(24,25)16-9-8-14(18)26-16)10-15(22)19-12-4-2-11(3-5-12)17(23)20-13-6-7-13/h2-5,8-9,13H,6-7,10H2,1H3,(H,19,22)(H,20,23). The van der Waals surface area contributed by atoms with Gasteiger partial charge in [0.15, 0.2) is 0 Å². The summed E-state index contributed by atoms with van der Waals surface area (Å²) in [6.45, 7) is -0.345. The van der Waals surface area contributed by atoms with Crippen molar-refractivity contribution in [2.75, 3.05) is 18.9 Å². The summed E-state index contributed by atoms with van der Waals surface area (Å²) in [6.07, 6.45) is 2.02. The minimum atomic E-state index is -3.78. The molecule has 3 rings (SSSR count). The molecule has 1 aromatic carbocycles. The van der Waals surface area contributed by atoms with Gasteiger partial charge in [0.1, 0.15) is 4.21 Å². The topological polar surface area (TPSA) is 95.6 Å². The molecule has 0 radical (unpaired) electrons. The first-order chi connectivity index (χ1) is 12.8. The molecule has 1 aliphatic carbocycles. The Bertz CT molecular complexity index is 953. The Morgan fingerprint density at radius 3 is 2.41 bits per heavy atom. The minimum absolute atomic E-state index is 0.0776. The number of nitrogens with zero attached hydrogens (tertiary/aromatic N) is 1. The number of nitrogens with one attached hydrogen (secondary N) is 2. The molecular formula is C17H18ClN3O4S2. The largest absolute Gasteiger partial charge is 0.349 e. The summed E-state index contributed by atoms with van der Waals surface area (Å²) < 4.78 is 26.2. The van der Waals surface area contributed by atoms with Gasteiger partial charge in [0, 0.05) is 24.3 Å². The van der Waals surface area contributed by atoms with E-state index in [1.54, 1.807) is 24.3 Å². The molecule has 0 spiro atoms. The maximum Gasteiger partial charge on any atom is 0.252 e. The molecule has 0 bridgehead atoms. The quantitative estimate of drug-likeness (QED) is 0.709. The van der Waals surface area contributed by atoms with E-state index < -0.39 is 15.9 Å². The van der Waals surface area contributed by atoms with Crippen LogP contribution in [0.5, 0.6) is 0 Å². The lowest BCUT2D eigenvalue weighted by Gasteiger charge is -2.15. The van der Waals surface area contributed by atoms with Gasteiger partial charge in [0.25, 0.3) is 15.9 Å². The fraction of sp³-hybridized carbons (Fsp3) is 0.294. The van der Waals surface area contributed by atoms with Gasteiger partial charge in [0.05, 0.1) is 10.9 Å². The Kier molecular flexibility index (Phi) is 5.85. The van der Waals surface area contributed by atoms with E-state index in [1.807, 2.05) is 0 Å². The molecule has 7 nitrogen and oxygen atoms in total. The number of amides is 2. The molecule has 10 heteroatoms. The van der Waals surface area contributed by atoms with Gasteiger partial charge in [-0.15, -0.1) is 11.3 Å². The van der Waals surface area contributed by atoms with Crippen LogP contribution in [0.15, 0.2) is 40.6 Å². The predicted octanol–water partition coefficient (Wildman–Crippen LogP) is 2.55. The van der Waals surface area contributed by atoms with Gasteiger partial charge in [-0.3, -0.25) is 9.59 Å². The van der Waals surface area contributed by atoms with E-state index in [-0.39, 0.29) is 22.7 Å². The normalized spacial score (nSPS) is 14.2. The maximum absolute atomic E-state index is 12.4. The van der Waals surface area contributed by atoms with E-state index in [2.05, 4.69) is 10.6 Å². The molecule has 2 aromatic rings. The summed E-state index contributed by atoms with van der Waals surface area (Å²) in [5.41, 5.74) is 0.988. The fourth-order valence-corrected chi connectivity index (χ4v) is 5.10. The zero-order chi connectivity index (χ0) is 19.6. The lowest BCUT2D eigenvalue weighted by atomic mass is 10.2. The zero-order valence-electron chi connectivity index (χ0n) is 14.4. The van der Waals surface area contributed by atoms with E-state index in [9.17, 15) is 18.0 Å². The molecule has 1 fully saturated rings. The van der Waals surface area contributed by atoms with Crippen molar-refractivity contribution < 1.29 is 18.0 Å². The first-order valence-corrected chi connectivity index (χ1v) is 10.8. The van der Waals surface area contributed by atoms with E-state index in [4.69, 9.17) is 11.6 Å². The first kappa shape index (κ1) is 19.8. The lowest BCUT2D eigenvalue weighted by Crippen LogP contribution is -2.34. The van der Waals surface area contributed by atoms with Crippen molar-refractivity contribution in [3.8, 4) is 0 Å². The molecule has 1 aromatic heterocycles. The average molecular weight is 428 g/mol. The smallest absolute Gasteiger partial charge is 0.252 e. The summed E-state index contributed by atoms with van der Waals surface area (Å²) >= 11 is 6.71. The average Bonchev–Trinajstić information content (AvgIpc) is 3.32. The van der Waals surface area contributed by atoms with E-state index in [0.717, 1.165) is 28.5 Å². The number of sulfonamides is 1. The number of hydrogen-bond donors (Lipinski definition) is 2. The van der Waals surface area contributed by atoms with Gasteiger partial charge in [-0.05, 0) is 49.2 Å². The van der Waals surface area contributed by atoms with Gasteiger partial charge in [0.2, 0.25) is 5.91 Å².